The zero-order chi connectivity index (χ0) is 23.8. The zero-order valence-corrected chi connectivity index (χ0v) is 19.6. The van der Waals surface area contributed by atoms with Crippen LogP contribution in [0.1, 0.15) is 38.3 Å². The zero-order valence-electron chi connectivity index (χ0n) is 18.8. The first-order valence-corrected chi connectivity index (χ1v) is 11.2. The normalized spacial score (nSPS) is 13.3. The molecule has 0 amide bonds. The number of aromatic amines is 1. The molecule has 2 heterocycles. The van der Waals surface area contributed by atoms with E-state index in [9.17, 15) is 18.4 Å². The number of benzene rings is 1. The minimum Gasteiger partial charge on any atom is -0.504 e. The maximum absolute atomic E-state index is 12.5. The highest BCUT2D eigenvalue weighted by molar-refractivity contribution is 7.89. The van der Waals surface area contributed by atoms with E-state index in [0.29, 0.717) is 5.76 Å². The predicted octanol–water partition coefficient (Wildman–Crippen LogP) is 3.32. The van der Waals surface area contributed by atoms with Crippen molar-refractivity contribution in [1.82, 2.24) is 9.46 Å². The van der Waals surface area contributed by atoms with Crippen LogP contribution in [0.25, 0.3) is 0 Å². The second kappa shape index (κ2) is 8.36. The van der Waals surface area contributed by atoms with Crippen LogP contribution in [-0.2, 0) is 10.0 Å². The van der Waals surface area contributed by atoms with E-state index >= 15 is 0 Å². The summed E-state index contributed by atoms with van der Waals surface area (Å²) in [5.74, 6) is 0.954. The first-order valence-electron chi connectivity index (χ1n) is 9.81. The van der Waals surface area contributed by atoms with E-state index in [-0.39, 0.29) is 32.2 Å². The van der Waals surface area contributed by atoms with Gasteiger partial charge in [0.2, 0.25) is 10.0 Å². The van der Waals surface area contributed by atoms with Gasteiger partial charge in [0.25, 0.3) is 5.82 Å². The molecule has 0 radical (unpaired) electrons. The van der Waals surface area contributed by atoms with E-state index in [2.05, 4.69) is 15.8 Å². The number of hydrogen-bond acceptors (Lipinski definition) is 8. The Morgan fingerprint density at radius 1 is 1.19 bits per heavy atom. The summed E-state index contributed by atoms with van der Waals surface area (Å²) in [7, 11) is -1.15. The van der Waals surface area contributed by atoms with Gasteiger partial charge in [-0.05, 0) is 36.1 Å². The standard InChI is InChI=1S/C20H27N5O6S/c1-12-10-11-14(30-12)17(20(2,3)4)22-19-18(23-31-25(19)27)21-13-8-7-9-15(16(13)26)32(28,29)24(5)6/h7-11,17,22H,1-6H3,(H2-,21,23,26,27)/p+1/t17-/m0/s1. The quantitative estimate of drug-likeness (QED) is 0.388. The van der Waals surface area contributed by atoms with Crippen LogP contribution in [0.5, 0.6) is 5.75 Å². The summed E-state index contributed by atoms with van der Waals surface area (Å²) in [6.45, 7) is 7.77. The van der Waals surface area contributed by atoms with Crippen LogP contribution in [0, 0.1) is 17.2 Å². The Balaban J connectivity index is 1.99. The number of furan rings is 1. The Labute approximate surface area is 185 Å². The van der Waals surface area contributed by atoms with Crippen LogP contribution in [0.4, 0.5) is 17.3 Å². The van der Waals surface area contributed by atoms with Crippen molar-refractivity contribution in [2.45, 2.75) is 38.6 Å². The largest absolute Gasteiger partial charge is 0.504 e. The van der Waals surface area contributed by atoms with Crippen LogP contribution in [0.15, 0.2) is 44.3 Å². The fourth-order valence-corrected chi connectivity index (χ4v) is 4.10. The topological polar surface area (TPSA) is 147 Å². The molecule has 0 bridgehead atoms. The molecule has 174 valence electrons. The number of para-hydroxylation sites is 1. The molecule has 3 aromatic rings. The Bertz CT molecular complexity index is 1270. The van der Waals surface area contributed by atoms with Crippen molar-refractivity contribution in [2.75, 3.05) is 24.7 Å². The summed E-state index contributed by atoms with van der Waals surface area (Å²) in [6.07, 6.45) is 0. The Morgan fingerprint density at radius 3 is 2.44 bits per heavy atom. The SMILES string of the molecule is Cc1ccc([C@H](Nc2c(Nc3cccc(S(=O)(=O)N(C)C)c3O)[nH]o[n+]2=O)C(C)(C)C)o1. The van der Waals surface area contributed by atoms with Crippen molar-refractivity contribution < 1.29 is 27.2 Å². The molecule has 1 aromatic carbocycles. The molecule has 11 nitrogen and oxygen atoms in total. The van der Waals surface area contributed by atoms with Crippen LogP contribution >= 0.6 is 0 Å². The fourth-order valence-electron chi connectivity index (χ4n) is 3.10. The Kier molecular flexibility index (Phi) is 6.11. The Hall–Kier alpha value is -3.25. The van der Waals surface area contributed by atoms with Gasteiger partial charge in [-0.15, -0.1) is 4.63 Å². The van der Waals surface area contributed by atoms with Crippen molar-refractivity contribution in [3.63, 3.8) is 0 Å². The van der Waals surface area contributed by atoms with E-state index in [1.165, 1.54) is 32.3 Å². The predicted molar refractivity (Wildman–Crippen MR) is 118 cm³/mol. The molecule has 0 aliphatic rings. The van der Waals surface area contributed by atoms with Gasteiger partial charge in [-0.1, -0.05) is 32.0 Å². The van der Waals surface area contributed by atoms with Gasteiger partial charge < -0.3 is 14.8 Å². The molecular formula is C20H28N5O6S+. The van der Waals surface area contributed by atoms with Gasteiger partial charge in [0.1, 0.15) is 22.5 Å². The lowest BCUT2D eigenvalue weighted by atomic mass is 9.85. The highest BCUT2D eigenvalue weighted by atomic mass is 32.2. The second-order valence-corrected chi connectivity index (χ2v) is 10.8. The van der Waals surface area contributed by atoms with Crippen molar-refractivity contribution in [3.05, 3.63) is 46.8 Å². The first kappa shape index (κ1) is 23.4. The monoisotopic (exact) mass is 466 g/mol. The Morgan fingerprint density at radius 2 is 1.88 bits per heavy atom. The van der Waals surface area contributed by atoms with Gasteiger partial charge >= 0.3 is 5.82 Å². The molecule has 1 atom stereocenters. The van der Waals surface area contributed by atoms with Gasteiger partial charge in [-0.3, -0.25) is 5.32 Å². The van der Waals surface area contributed by atoms with Crippen molar-refractivity contribution in [1.29, 1.82) is 0 Å². The summed E-state index contributed by atoms with van der Waals surface area (Å²) < 4.78 is 36.8. The molecule has 0 saturated carbocycles. The smallest absolute Gasteiger partial charge is 0.367 e. The summed E-state index contributed by atoms with van der Waals surface area (Å²) in [4.78, 5) is 12.1. The van der Waals surface area contributed by atoms with Crippen LogP contribution in [-0.4, -0.2) is 37.1 Å². The lowest BCUT2D eigenvalue weighted by Gasteiger charge is -2.26. The highest BCUT2D eigenvalue weighted by Gasteiger charge is 2.35. The van der Waals surface area contributed by atoms with E-state index in [1.807, 2.05) is 39.8 Å². The molecule has 4 N–H and O–H groups in total. The second-order valence-electron chi connectivity index (χ2n) is 8.63. The summed E-state index contributed by atoms with van der Waals surface area (Å²) in [5, 5.41) is 19.0. The maximum atomic E-state index is 12.5. The highest BCUT2D eigenvalue weighted by Crippen LogP contribution is 2.39. The number of aromatic nitrogens is 2. The number of nitrogens with one attached hydrogen (secondary N) is 3. The van der Waals surface area contributed by atoms with E-state index in [4.69, 9.17) is 9.05 Å². The van der Waals surface area contributed by atoms with Gasteiger partial charge in [0, 0.05) is 19.5 Å². The number of aryl methyl sites for hydroxylation is 1. The molecule has 3 rings (SSSR count). The fraction of sp³-hybridized carbons (Fsp3) is 0.400. The number of anilines is 3. The molecule has 0 unspecified atom stereocenters. The molecule has 0 fully saturated rings. The van der Waals surface area contributed by atoms with Crippen molar-refractivity contribution in [2.24, 2.45) is 5.41 Å². The average molecular weight is 467 g/mol. The van der Waals surface area contributed by atoms with Crippen LogP contribution in [0.3, 0.4) is 0 Å². The summed E-state index contributed by atoms with van der Waals surface area (Å²) >= 11 is 0. The number of sulfonamides is 1. The third kappa shape index (κ3) is 4.50. The molecule has 0 aliphatic heterocycles. The molecule has 0 aliphatic carbocycles. The molecule has 0 saturated heterocycles. The minimum absolute atomic E-state index is 0.000696. The molecule has 0 spiro atoms. The van der Waals surface area contributed by atoms with E-state index < -0.39 is 21.8 Å². The number of aromatic hydroxyl groups is 1. The molecular weight excluding hydrogens is 438 g/mol. The number of phenolic OH excluding ortho intramolecular Hbond substituents is 1. The number of H-pyrrole nitrogens is 1. The van der Waals surface area contributed by atoms with E-state index in [0.717, 1.165) is 10.1 Å². The number of phenols is 1. The molecule has 2 aromatic heterocycles. The first-order chi connectivity index (χ1) is 14.8. The van der Waals surface area contributed by atoms with Crippen molar-refractivity contribution in [3.8, 4) is 5.75 Å². The van der Waals surface area contributed by atoms with Gasteiger partial charge in [0.05, 0.1) is 5.69 Å². The van der Waals surface area contributed by atoms with Crippen molar-refractivity contribution >= 4 is 27.3 Å². The van der Waals surface area contributed by atoms with Gasteiger partial charge in [-0.25, -0.2) is 12.7 Å². The number of rotatable bonds is 7. The number of nitrogens with zero attached hydrogens (tertiary/aromatic N) is 2. The van der Waals surface area contributed by atoms with Gasteiger partial charge in [-0.2, -0.15) is 0 Å². The van der Waals surface area contributed by atoms with Gasteiger partial charge in [0.15, 0.2) is 10.3 Å². The number of hydrogen-bond donors (Lipinski definition) is 4. The van der Waals surface area contributed by atoms with Crippen LogP contribution in [0.2, 0.25) is 0 Å². The summed E-state index contributed by atoms with van der Waals surface area (Å²) in [5.41, 5.74) is -0.289. The molecule has 32 heavy (non-hydrogen) atoms. The van der Waals surface area contributed by atoms with E-state index in [1.54, 1.807) is 0 Å². The minimum atomic E-state index is -3.88. The van der Waals surface area contributed by atoms with Crippen LogP contribution < -0.4 is 15.2 Å². The maximum Gasteiger partial charge on any atom is 0.367 e. The third-order valence-corrected chi connectivity index (χ3v) is 6.71. The molecule has 12 heteroatoms. The lowest BCUT2D eigenvalue weighted by Crippen LogP contribution is -2.29. The third-order valence-electron chi connectivity index (χ3n) is 4.86. The summed E-state index contributed by atoms with van der Waals surface area (Å²) in [6, 6.07) is 7.48. The average Bonchev–Trinajstić information content (AvgIpc) is 3.26. The lowest BCUT2D eigenvalue weighted by molar-refractivity contribution is -0.701.